The van der Waals surface area contributed by atoms with E-state index < -0.39 is 0 Å². The lowest BCUT2D eigenvalue weighted by Gasteiger charge is -2.12. The van der Waals surface area contributed by atoms with Crippen molar-refractivity contribution < 1.29 is 0 Å². The van der Waals surface area contributed by atoms with Crippen LogP contribution in [-0.4, -0.2) is 31.1 Å². The Bertz CT molecular complexity index is 374. The van der Waals surface area contributed by atoms with Crippen LogP contribution in [0.5, 0.6) is 0 Å². The topological polar surface area (TPSA) is 49.3 Å². The minimum atomic E-state index is 0.884. The standard InChI is InChI=1S/C14H24N4/c1-4-5-8-17-14(15-3)18-10-7-13-6-9-16-11-12(13)2/h6,9,11H,4-5,7-8,10H2,1-3H3,(H2,15,17,18). The van der Waals surface area contributed by atoms with Crippen LogP contribution in [0.4, 0.5) is 0 Å². The molecule has 0 saturated carbocycles. The molecule has 0 saturated heterocycles. The molecule has 0 radical (unpaired) electrons. The van der Waals surface area contributed by atoms with E-state index in [4.69, 9.17) is 0 Å². The van der Waals surface area contributed by atoms with Crippen molar-refractivity contribution in [2.45, 2.75) is 33.1 Å². The molecule has 1 heterocycles. The van der Waals surface area contributed by atoms with Gasteiger partial charge in [-0.15, -0.1) is 0 Å². The third kappa shape index (κ3) is 5.17. The van der Waals surface area contributed by atoms with Crippen LogP contribution >= 0.6 is 0 Å². The molecule has 0 fully saturated rings. The molecular weight excluding hydrogens is 224 g/mol. The number of aryl methyl sites for hydroxylation is 1. The lowest BCUT2D eigenvalue weighted by Crippen LogP contribution is -2.38. The molecule has 1 aromatic rings. The number of guanidine groups is 1. The summed E-state index contributed by atoms with van der Waals surface area (Å²) in [5.41, 5.74) is 2.58. The van der Waals surface area contributed by atoms with Gasteiger partial charge < -0.3 is 10.6 Å². The van der Waals surface area contributed by atoms with Gasteiger partial charge in [0.05, 0.1) is 0 Å². The molecular formula is C14H24N4. The van der Waals surface area contributed by atoms with E-state index in [9.17, 15) is 0 Å². The molecule has 4 heteroatoms. The van der Waals surface area contributed by atoms with Crippen molar-refractivity contribution >= 4 is 5.96 Å². The van der Waals surface area contributed by atoms with Gasteiger partial charge in [-0.05, 0) is 37.0 Å². The van der Waals surface area contributed by atoms with Gasteiger partial charge in [0.2, 0.25) is 0 Å². The van der Waals surface area contributed by atoms with Crippen LogP contribution in [0.25, 0.3) is 0 Å². The Hall–Kier alpha value is -1.58. The Kier molecular flexibility index (Phi) is 6.84. The maximum atomic E-state index is 4.20. The van der Waals surface area contributed by atoms with Crippen LogP contribution in [0.3, 0.4) is 0 Å². The third-order valence-corrected chi connectivity index (χ3v) is 2.87. The highest BCUT2D eigenvalue weighted by Gasteiger charge is 1.99. The number of hydrogen-bond acceptors (Lipinski definition) is 2. The Morgan fingerprint density at radius 2 is 2.11 bits per heavy atom. The first-order valence-corrected chi connectivity index (χ1v) is 6.62. The SMILES string of the molecule is CCCCNC(=NC)NCCc1ccncc1C. The quantitative estimate of drug-likeness (QED) is 0.459. The summed E-state index contributed by atoms with van der Waals surface area (Å²) in [5.74, 6) is 0.884. The summed E-state index contributed by atoms with van der Waals surface area (Å²) in [6, 6.07) is 2.07. The number of pyridine rings is 1. The van der Waals surface area contributed by atoms with Crippen molar-refractivity contribution in [3.63, 3.8) is 0 Å². The minimum Gasteiger partial charge on any atom is -0.356 e. The van der Waals surface area contributed by atoms with E-state index in [1.165, 1.54) is 24.0 Å². The van der Waals surface area contributed by atoms with Gasteiger partial charge in [0.1, 0.15) is 0 Å². The fraction of sp³-hybridized carbons (Fsp3) is 0.571. The second-order valence-corrected chi connectivity index (χ2v) is 4.33. The molecule has 4 nitrogen and oxygen atoms in total. The van der Waals surface area contributed by atoms with E-state index in [2.05, 4.69) is 40.5 Å². The maximum Gasteiger partial charge on any atom is 0.190 e. The highest BCUT2D eigenvalue weighted by atomic mass is 15.2. The zero-order chi connectivity index (χ0) is 13.2. The molecule has 0 atom stereocenters. The maximum absolute atomic E-state index is 4.20. The first kappa shape index (κ1) is 14.5. The monoisotopic (exact) mass is 248 g/mol. The average molecular weight is 248 g/mol. The van der Waals surface area contributed by atoms with Crippen molar-refractivity contribution in [3.8, 4) is 0 Å². The van der Waals surface area contributed by atoms with Gasteiger partial charge in [0, 0.05) is 32.5 Å². The average Bonchev–Trinajstić information content (AvgIpc) is 2.39. The summed E-state index contributed by atoms with van der Waals surface area (Å²) in [6.45, 7) is 6.14. The van der Waals surface area contributed by atoms with Crippen LogP contribution in [0.15, 0.2) is 23.5 Å². The smallest absolute Gasteiger partial charge is 0.190 e. The molecule has 0 unspecified atom stereocenters. The van der Waals surface area contributed by atoms with Crippen molar-refractivity contribution in [2.24, 2.45) is 4.99 Å². The molecule has 1 aromatic heterocycles. The molecule has 0 bridgehead atoms. The van der Waals surface area contributed by atoms with Crippen LogP contribution in [0.1, 0.15) is 30.9 Å². The van der Waals surface area contributed by atoms with Gasteiger partial charge in [-0.1, -0.05) is 13.3 Å². The molecule has 0 spiro atoms. The van der Waals surface area contributed by atoms with E-state index in [0.717, 1.165) is 25.5 Å². The lowest BCUT2D eigenvalue weighted by atomic mass is 10.1. The predicted octanol–water partition coefficient (Wildman–Crippen LogP) is 1.90. The second-order valence-electron chi connectivity index (χ2n) is 4.33. The van der Waals surface area contributed by atoms with Gasteiger partial charge in [-0.25, -0.2) is 0 Å². The Labute approximate surface area is 110 Å². The normalized spacial score (nSPS) is 11.4. The van der Waals surface area contributed by atoms with Crippen LogP contribution in [0.2, 0.25) is 0 Å². The number of nitrogens with one attached hydrogen (secondary N) is 2. The number of aromatic nitrogens is 1. The summed E-state index contributed by atoms with van der Waals surface area (Å²) in [5, 5.41) is 6.62. The van der Waals surface area contributed by atoms with Crippen molar-refractivity contribution in [1.29, 1.82) is 0 Å². The number of unbranched alkanes of at least 4 members (excludes halogenated alkanes) is 1. The zero-order valence-electron chi connectivity index (χ0n) is 11.7. The van der Waals surface area contributed by atoms with Crippen molar-refractivity contribution in [1.82, 2.24) is 15.6 Å². The van der Waals surface area contributed by atoms with Crippen LogP contribution < -0.4 is 10.6 Å². The summed E-state index contributed by atoms with van der Waals surface area (Å²) in [6.07, 6.45) is 7.10. The van der Waals surface area contributed by atoms with Crippen molar-refractivity contribution in [3.05, 3.63) is 29.6 Å². The Morgan fingerprint density at radius 1 is 1.33 bits per heavy atom. The fourth-order valence-electron chi connectivity index (χ4n) is 1.70. The van der Waals surface area contributed by atoms with E-state index >= 15 is 0 Å². The number of aliphatic imine (C=N–C) groups is 1. The van der Waals surface area contributed by atoms with E-state index in [1.54, 1.807) is 7.05 Å². The Balaban J connectivity index is 2.30. The summed E-state index contributed by atoms with van der Waals surface area (Å²) < 4.78 is 0. The highest BCUT2D eigenvalue weighted by molar-refractivity contribution is 5.79. The van der Waals surface area contributed by atoms with E-state index in [0.29, 0.717) is 0 Å². The predicted molar refractivity (Wildman–Crippen MR) is 77.0 cm³/mol. The lowest BCUT2D eigenvalue weighted by molar-refractivity contribution is 0.726. The minimum absolute atomic E-state index is 0.884. The van der Waals surface area contributed by atoms with E-state index in [1.807, 2.05) is 12.4 Å². The summed E-state index contributed by atoms with van der Waals surface area (Å²) in [4.78, 5) is 8.29. The van der Waals surface area contributed by atoms with Crippen LogP contribution in [-0.2, 0) is 6.42 Å². The largest absolute Gasteiger partial charge is 0.356 e. The molecule has 2 N–H and O–H groups in total. The second kappa shape index (κ2) is 8.50. The summed E-state index contributed by atoms with van der Waals surface area (Å²) >= 11 is 0. The van der Waals surface area contributed by atoms with Gasteiger partial charge in [-0.2, -0.15) is 0 Å². The highest BCUT2D eigenvalue weighted by Crippen LogP contribution is 2.04. The van der Waals surface area contributed by atoms with E-state index in [-0.39, 0.29) is 0 Å². The van der Waals surface area contributed by atoms with Gasteiger partial charge >= 0.3 is 0 Å². The number of rotatable bonds is 6. The third-order valence-electron chi connectivity index (χ3n) is 2.87. The fourth-order valence-corrected chi connectivity index (χ4v) is 1.70. The number of nitrogens with zero attached hydrogens (tertiary/aromatic N) is 2. The molecule has 0 amide bonds. The van der Waals surface area contributed by atoms with Gasteiger partial charge in [0.25, 0.3) is 0 Å². The Morgan fingerprint density at radius 3 is 2.78 bits per heavy atom. The number of hydrogen-bond donors (Lipinski definition) is 2. The molecule has 0 aromatic carbocycles. The molecule has 1 rings (SSSR count). The van der Waals surface area contributed by atoms with Gasteiger partial charge in [-0.3, -0.25) is 9.98 Å². The van der Waals surface area contributed by atoms with Crippen LogP contribution in [0, 0.1) is 6.92 Å². The molecule has 100 valence electrons. The van der Waals surface area contributed by atoms with Gasteiger partial charge in [0.15, 0.2) is 5.96 Å². The molecule has 0 aliphatic heterocycles. The zero-order valence-corrected chi connectivity index (χ0v) is 11.7. The summed E-state index contributed by atoms with van der Waals surface area (Å²) in [7, 11) is 1.80. The molecule has 0 aliphatic carbocycles. The first-order chi connectivity index (χ1) is 8.77. The molecule has 18 heavy (non-hydrogen) atoms. The first-order valence-electron chi connectivity index (χ1n) is 6.62. The van der Waals surface area contributed by atoms with Crippen molar-refractivity contribution in [2.75, 3.05) is 20.1 Å². The molecule has 0 aliphatic rings.